The van der Waals surface area contributed by atoms with Crippen molar-refractivity contribution in [2.24, 2.45) is 5.92 Å². The number of allylic oxidation sites excluding steroid dienone is 2. The van der Waals surface area contributed by atoms with Crippen molar-refractivity contribution >= 4 is 5.57 Å². The largest absolute Gasteiger partial charge is 0.494 e. The maximum Gasteiger partial charge on any atom is 0.119 e. The third kappa shape index (κ3) is 7.87. The van der Waals surface area contributed by atoms with Gasteiger partial charge in [0.05, 0.1) is 6.61 Å². The van der Waals surface area contributed by atoms with Crippen LogP contribution in [-0.4, -0.2) is 6.61 Å². The Morgan fingerprint density at radius 2 is 1.32 bits per heavy atom. The molecule has 0 aliphatic heterocycles. The molecule has 1 unspecified atom stereocenters. The van der Waals surface area contributed by atoms with E-state index in [0.29, 0.717) is 0 Å². The Morgan fingerprint density at radius 1 is 0.710 bits per heavy atom. The third-order valence-corrected chi connectivity index (χ3v) is 6.70. The van der Waals surface area contributed by atoms with E-state index in [4.69, 9.17) is 4.74 Å². The lowest BCUT2D eigenvalue weighted by molar-refractivity contribution is 0.309. The second kappa shape index (κ2) is 13.4. The van der Waals surface area contributed by atoms with Crippen molar-refractivity contribution in [3.8, 4) is 16.9 Å². The third-order valence-electron chi connectivity index (χ3n) is 6.70. The molecule has 31 heavy (non-hydrogen) atoms. The summed E-state index contributed by atoms with van der Waals surface area (Å²) in [6.07, 6.45) is 18.6. The van der Waals surface area contributed by atoms with Crippen LogP contribution >= 0.6 is 0 Å². The molecule has 0 N–H and O–H groups in total. The fraction of sp³-hybridized carbons (Fsp3) is 0.533. The van der Waals surface area contributed by atoms with Gasteiger partial charge in [0.1, 0.15) is 5.75 Å². The van der Waals surface area contributed by atoms with Gasteiger partial charge in [-0.05, 0) is 66.0 Å². The van der Waals surface area contributed by atoms with Gasteiger partial charge < -0.3 is 4.74 Å². The molecule has 0 radical (unpaired) electrons. The zero-order valence-electron chi connectivity index (χ0n) is 19.9. The Kier molecular flexibility index (Phi) is 10.2. The first-order valence-electron chi connectivity index (χ1n) is 12.8. The van der Waals surface area contributed by atoms with E-state index in [0.717, 1.165) is 24.7 Å². The van der Waals surface area contributed by atoms with Gasteiger partial charge in [-0.2, -0.15) is 0 Å². The molecule has 0 saturated carbocycles. The summed E-state index contributed by atoms with van der Waals surface area (Å²) in [5.74, 6) is 1.88. The molecule has 3 rings (SSSR count). The van der Waals surface area contributed by atoms with Crippen molar-refractivity contribution in [3.63, 3.8) is 0 Å². The lowest BCUT2D eigenvalue weighted by Gasteiger charge is -2.22. The smallest absolute Gasteiger partial charge is 0.119 e. The van der Waals surface area contributed by atoms with Gasteiger partial charge in [-0.3, -0.25) is 0 Å². The van der Waals surface area contributed by atoms with Gasteiger partial charge in [0, 0.05) is 0 Å². The molecule has 0 bridgehead atoms. The quantitative estimate of drug-likeness (QED) is 0.294. The number of hydrogen-bond acceptors (Lipinski definition) is 1. The van der Waals surface area contributed by atoms with Crippen LogP contribution in [0.25, 0.3) is 16.7 Å². The Morgan fingerprint density at radius 3 is 1.97 bits per heavy atom. The molecular formula is C30H42O. The first-order chi connectivity index (χ1) is 15.3. The molecule has 0 aromatic heterocycles. The summed E-state index contributed by atoms with van der Waals surface area (Å²) < 4.78 is 5.78. The number of ether oxygens (including phenoxy) is 1. The van der Waals surface area contributed by atoms with Crippen molar-refractivity contribution in [3.05, 3.63) is 60.2 Å². The topological polar surface area (TPSA) is 9.23 Å². The zero-order valence-corrected chi connectivity index (χ0v) is 19.9. The second-order valence-electron chi connectivity index (χ2n) is 9.23. The van der Waals surface area contributed by atoms with E-state index in [2.05, 4.69) is 68.5 Å². The molecule has 1 atom stereocenters. The SMILES string of the molecule is CCCCCCCCC1CC=C(c2ccc(-c3ccc(OCCCC)cc3)cc2)CC1. The number of rotatable bonds is 13. The van der Waals surface area contributed by atoms with Gasteiger partial charge in [0.2, 0.25) is 0 Å². The molecule has 0 fully saturated rings. The van der Waals surface area contributed by atoms with E-state index >= 15 is 0 Å². The van der Waals surface area contributed by atoms with Crippen molar-refractivity contribution in [1.29, 1.82) is 0 Å². The molecule has 1 aliphatic rings. The molecule has 0 saturated heterocycles. The van der Waals surface area contributed by atoms with Gasteiger partial charge >= 0.3 is 0 Å². The summed E-state index contributed by atoms with van der Waals surface area (Å²) >= 11 is 0. The van der Waals surface area contributed by atoms with Crippen molar-refractivity contribution in [2.45, 2.75) is 90.9 Å². The molecule has 0 heterocycles. The van der Waals surface area contributed by atoms with E-state index in [9.17, 15) is 0 Å². The number of hydrogen-bond donors (Lipinski definition) is 0. The summed E-state index contributed by atoms with van der Waals surface area (Å²) in [5, 5.41) is 0. The predicted molar refractivity (Wildman–Crippen MR) is 136 cm³/mol. The summed E-state index contributed by atoms with van der Waals surface area (Å²) in [6, 6.07) is 17.7. The van der Waals surface area contributed by atoms with Crippen molar-refractivity contribution in [1.82, 2.24) is 0 Å². The minimum absolute atomic E-state index is 0.805. The van der Waals surface area contributed by atoms with E-state index in [1.165, 1.54) is 87.3 Å². The van der Waals surface area contributed by atoms with Crippen LogP contribution in [-0.2, 0) is 0 Å². The fourth-order valence-electron chi connectivity index (χ4n) is 4.58. The fourth-order valence-corrected chi connectivity index (χ4v) is 4.58. The lowest BCUT2D eigenvalue weighted by Crippen LogP contribution is -2.05. The summed E-state index contributed by atoms with van der Waals surface area (Å²) in [4.78, 5) is 0. The maximum absolute atomic E-state index is 5.78. The average Bonchev–Trinajstić information content (AvgIpc) is 2.82. The highest BCUT2D eigenvalue weighted by atomic mass is 16.5. The molecule has 2 aromatic carbocycles. The molecular weight excluding hydrogens is 376 g/mol. The van der Waals surface area contributed by atoms with Crippen LogP contribution in [0.15, 0.2) is 54.6 Å². The highest BCUT2D eigenvalue weighted by molar-refractivity contribution is 5.71. The summed E-state index contributed by atoms with van der Waals surface area (Å²) in [7, 11) is 0. The van der Waals surface area contributed by atoms with E-state index < -0.39 is 0 Å². The van der Waals surface area contributed by atoms with Crippen LogP contribution in [0.5, 0.6) is 5.75 Å². The first-order valence-corrected chi connectivity index (χ1v) is 12.8. The zero-order chi connectivity index (χ0) is 21.7. The maximum atomic E-state index is 5.78. The van der Waals surface area contributed by atoms with Gasteiger partial charge in [-0.25, -0.2) is 0 Å². The Balaban J connectivity index is 1.46. The molecule has 1 nitrogen and oxygen atoms in total. The van der Waals surface area contributed by atoms with Crippen LogP contribution in [0.2, 0.25) is 0 Å². The Labute approximate surface area is 190 Å². The van der Waals surface area contributed by atoms with Crippen molar-refractivity contribution < 1.29 is 4.74 Å². The van der Waals surface area contributed by atoms with E-state index in [-0.39, 0.29) is 0 Å². The van der Waals surface area contributed by atoms with Crippen LogP contribution < -0.4 is 4.74 Å². The summed E-state index contributed by atoms with van der Waals surface area (Å²) in [5.41, 5.74) is 5.49. The minimum atomic E-state index is 0.805. The number of unbranched alkanes of at least 4 members (excludes halogenated alkanes) is 6. The van der Waals surface area contributed by atoms with E-state index in [1.54, 1.807) is 5.57 Å². The first kappa shape index (κ1) is 23.6. The van der Waals surface area contributed by atoms with Crippen molar-refractivity contribution in [2.75, 3.05) is 6.61 Å². The highest BCUT2D eigenvalue weighted by Crippen LogP contribution is 2.34. The van der Waals surface area contributed by atoms with Crippen LogP contribution in [0, 0.1) is 5.92 Å². The average molecular weight is 419 g/mol. The minimum Gasteiger partial charge on any atom is -0.494 e. The molecule has 0 amide bonds. The lowest BCUT2D eigenvalue weighted by atomic mass is 9.83. The summed E-state index contributed by atoms with van der Waals surface area (Å²) in [6.45, 7) is 5.29. The molecule has 1 aliphatic carbocycles. The van der Waals surface area contributed by atoms with Crippen LogP contribution in [0.3, 0.4) is 0 Å². The van der Waals surface area contributed by atoms with Crippen LogP contribution in [0.1, 0.15) is 96.5 Å². The van der Waals surface area contributed by atoms with Gasteiger partial charge in [-0.15, -0.1) is 0 Å². The molecule has 0 spiro atoms. The standard InChI is InChI=1S/C30H42O/c1-3-5-7-8-9-10-11-25-12-14-26(15-13-25)27-16-18-28(19-17-27)29-20-22-30(23-21-29)31-24-6-4-2/h14,16-23,25H,3-13,15,24H2,1-2H3. The monoisotopic (exact) mass is 418 g/mol. The van der Waals surface area contributed by atoms with E-state index in [1.807, 2.05) is 0 Å². The van der Waals surface area contributed by atoms with Gasteiger partial charge in [-0.1, -0.05) is 108 Å². The van der Waals surface area contributed by atoms with Gasteiger partial charge in [0.25, 0.3) is 0 Å². The van der Waals surface area contributed by atoms with Gasteiger partial charge in [0.15, 0.2) is 0 Å². The Hall–Kier alpha value is -2.02. The number of benzene rings is 2. The molecule has 168 valence electrons. The molecule has 1 heteroatoms. The normalized spacial score (nSPS) is 16.2. The Bertz CT molecular complexity index is 769. The second-order valence-corrected chi connectivity index (χ2v) is 9.23. The highest BCUT2D eigenvalue weighted by Gasteiger charge is 2.15. The van der Waals surface area contributed by atoms with Crippen LogP contribution in [0.4, 0.5) is 0 Å². The predicted octanol–water partition coefficient (Wildman–Crippen LogP) is 9.47. The molecule has 2 aromatic rings.